The average Bonchev–Trinajstić information content (AvgIpc) is 3.26. The van der Waals surface area contributed by atoms with E-state index < -0.39 is 6.36 Å². The zero-order valence-corrected chi connectivity index (χ0v) is 19.7. The Morgan fingerprint density at radius 2 is 1.77 bits per heavy atom. The van der Waals surface area contributed by atoms with Gasteiger partial charge in [-0.05, 0) is 35.4 Å². The number of ether oxygens (including phenoxy) is 3. The summed E-state index contributed by atoms with van der Waals surface area (Å²) in [5, 5.41) is 0.651. The molecular weight excluding hydrogens is 479 g/mol. The van der Waals surface area contributed by atoms with E-state index in [1.165, 1.54) is 23.5 Å². The molecule has 1 aromatic heterocycles. The fourth-order valence-electron chi connectivity index (χ4n) is 3.51. The van der Waals surface area contributed by atoms with E-state index in [0.717, 1.165) is 15.8 Å². The Hall–Kier alpha value is -3.50. The lowest BCUT2D eigenvalue weighted by Gasteiger charge is -2.22. The van der Waals surface area contributed by atoms with Gasteiger partial charge in [-0.3, -0.25) is 0 Å². The average molecular weight is 504 g/mol. The van der Waals surface area contributed by atoms with Crippen LogP contribution in [0.25, 0.3) is 10.2 Å². The highest BCUT2D eigenvalue weighted by Crippen LogP contribution is 2.34. The number of nitrogens with zero attached hydrogens (tertiary/aromatic N) is 2. The summed E-state index contributed by atoms with van der Waals surface area (Å²) in [7, 11) is 1.58. The van der Waals surface area contributed by atoms with Crippen LogP contribution in [0, 0.1) is 0 Å². The molecule has 0 unspecified atom stereocenters. The molecule has 0 saturated carbocycles. The van der Waals surface area contributed by atoms with Gasteiger partial charge in [0, 0.05) is 25.7 Å². The normalized spacial score (nSPS) is 11.5. The fraction of sp³-hybridized carbons (Fsp3) is 0.240. The molecule has 1 heterocycles. The molecular formula is C25H24F3N3O3S. The van der Waals surface area contributed by atoms with Crippen molar-refractivity contribution in [1.29, 1.82) is 0 Å². The third-order valence-electron chi connectivity index (χ3n) is 5.09. The zero-order chi connectivity index (χ0) is 24.8. The summed E-state index contributed by atoms with van der Waals surface area (Å²) in [6.45, 7) is 1.80. The first-order valence-electron chi connectivity index (χ1n) is 10.8. The number of aromatic nitrogens is 1. The Labute approximate surface area is 204 Å². The second-order valence-corrected chi connectivity index (χ2v) is 8.65. The minimum absolute atomic E-state index is 0.303. The molecule has 0 aliphatic heterocycles. The van der Waals surface area contributed by atoms with E-state index in [4.69, 9.17) is 15.2 Å². The van der Waals surface area contributed by atoms with Gasteiger partial charge in [0.1, 0.15) is 12.4 Å². The van der Waals surface area contributed by atoms with Gasteiger partial charge in [0.05, 0.1) is 17.3 Å². The number of anilines is 1. The van der Waals surface area contributed by atoms with Crippen LogP contribution in [0.1, 0.15) is 11.1 Å². The number of hydrogen-bond donors (Lipinski definition) is 1. The summed E-state index contributed by atoms with van der Waals surface area (Å²) in [5.74, 6) is 0.926. The predicted octanol–water partition coefficient (Wildman–Crippen LogP) is 5.75. The largest absolute Gasteiger partial charge is 0.573 e. The molecule has 35 heavy (non-hydrogen) atoms. The maximum Gasteiger partial charge on any atom is 0.573 e. The van der Waals surface area contributed by atoms with E-state index in [-0.39, 0.29) is 5.75 Å². The lowest BCUT2D eigenvalue weighted by molar-refractivity contribution is -0.274. The molecule has 0 amide bonds. The van der Waals surface area contributed by atoms with Gasteiger partial charge in [-0.25, -0.2) is 4.98 Å². The SMILES string of the molecule is COc1cc(CN(CCN)c2nc3cc(OC(F)(F)F)ccc3s2)ccc1OCc1ccccc1. The number of fused-ring (bicyclic) bond motifs is 1. The molecule has 0 spiro atoms. The second kappa shape index (κ2) is 10.8. The smallest absolute Gasteiger partial charge is 0.493 e. The number of hydrogen-bond acceptors (Lipinski definition) is 7. The number of rotatable bonds is 10. The minimum atomic E-state index is -4.76. The highest BCUT2D eigenvalue weighted by molar-refractivity contribution is 7.22. The van der Waals surface area contributed by atoms with Crippen LogP contribution in [0.3, 0.4) is 0 Å². The first-order valence-corrected chi connectivity index (χ1v) is 11.6. The van der Waals surface area contributed by atoms with Crippen molar-refractivity contribution < 1.29 is 27.4 Å². The Kier molecular flexibility index (Phi) is 7.62. The molecule has 4 rings (SSSR count). The Balaban J connectivity index is 1.52. The van der Waals surface area contributed by atoms with Crippen molar-refractivity contribution in [3.05, 3.63) is 77.9 Å². The lowest BCUT2D eigenvalue weighted by atomic mass is 10.2. The Bertz CT molecular complexity index is 1270. The number of halogens is 3. The molecule has 3 aromatic carbocycles. The molecule has 0 bridgehead atoms. The predicted molar refractivity (Wildman–Crippen MR) is 130 cm³/mol. The van der Waals surface area contributed by atoms with Crippen LogP contribution >= 0.6 is 11.3 Å². The van der Waals surface area contributed by atoms with Crippen LogP contribution in [-0.4, -0.2) is 31.5 Å². The summed E-state index contributed by atoms with van der Waals surface area (Å²) in [6, 6.07) is 19.7. The standard InChI is InChI=1S/C25H24F3N3O3S/c1-32-22-13-18(7-9-21(22)33-16-17-5-3-2-4-6-17)15-31(12-11-29)24-30-20-14-19(34-25(26,27)28)8-10-23(20)35-24/h2-10,13-14H,11-12,15-16,29H2,1H3. The number of thiazole rings is 1. The number of benzene rings is 3. The van der Waals surface area contributed by atoms with Gasteiger partial charge in [0.2, 0.25) is 0 Å². The van der Waals surface area contributed by atoms with Gasteiger partial charge < -0.3 is 24.8 Å². The van der Waals surface area contributed by atoms with Crippen molar-refractivity contribution in [2.45, 2.75) is 19.5 Å². The van der Waals surface area contributed by atoms with E-state index in [1.807, 2.05) is 53.4 Å². The summed E-state index contributed by atoms with van der Waals surface area (Å²) in [5.41, 5.74) is 8.25. The van der Waals surface area contributed by atoms with Gasteiger partial charge in [-0.1, -0.05) is 47.7 Å². The molecule has 10 heteroatoms. The van der Waals surface area contributed by atoms with E-state index in [2.05, 4.69) is 9.72 Å². The van der Waals surface area contributed by atoms with E-state index in [9.17, 15) is 13.2 Å². The maximum atomic E-state index is 12.6. The van der Waals surface area contributed by atoms with Gasteiger partial charge in [-0.2, -0.15) is 0 Å². The molecule has 0 aliphatic rings. The number of alkyl halides is 3. The van der Waals surface area contributed by atoms with Crippen molar-refractivity contribution in [2.75, 3.05) is 25.1 Å². The summed E-state index contributed by atoms with van der Waals surface area (Å²) >= 11 is 1.38. The monoisotopic (exact) mass is 503 g/mol. The highest BCUT2D eigenvalue weighted by Gasteiger charge is 2.31. The Morgan fingerprint density at radius 3 is 2.49 bits per heavy atom. The summed E-state index contributed by atoms with van der Waals surface area (Å²) in [6.07, 6.45) is -4.76. The van der Waals surface area contributed by atoms with Crippen LogP contribution in [0.4, 0.5) is 18.3 Å². The van der Waals surface area contributed by atoms with E-state index in [0.29, 0.717) is 48.4 Å². The van der Waals surface area contributed by atoms with Gasteiger partial charge in [0.25, 0.3) is 0 Å². The van der Waals surface area contributed by atoms with Crippen molar-refractivity contribution in [3.63, 3.8) is 0 Å². The number of methoxy groups -OCH3 is 1. The summed E-state index contributed by atoms with van der Waals surface area (Å²) in [4.78, 5) is 6.51. The third-order valence-corrected chi connectivity index (χ3v) is 6.19. The van der Waals surface area contributed by atoms with Crippen LogP contribution in [0.15, 0.2) is 66.7 Å². The van der Waals surface area contributed by atoms with Crippen LogP contribution < -0.4 is 24.8 Å². The topological polar surface area (TPSA) is 69.8 Å². The first kappa shape index (κ1) is 24.6. The summed E-state index contributed by atoms with van der Waals surface area (Å²) < 4.78 is 53.9. The van der Waals surface area contributed by atoms with Crippen molar-refractivity contribution >= 4 is 26.7 Å². The minimum Gasteiger partial charge on any atom is -0.493 e. The quantitative estimate of drug-likeness (QED) is 0.297. The second-order valence-electron chi connectivity index (χ2n) is 7.64. The molecule has 0 atom stereocenters. The molecule has 184 valence electrons. The molecule has 0 aliphatic carbocycles. The molecule has 4 aromatic rings. The lowest BCUT2D eigenvalue weighted by Crippen LogP contribution is -2.28. The van der Waals surface area contributed by atoms with Gasteiger partial charge in [0.15, 0.2) is 16.6 Å². The fourth-order valence-corrected chi connectivity index (χ4v) is 4.48. The van der Waals surface area contributed by atoms with Crippen molar-refractivity contribution in [2.24, 2.45) is 5.73 Å². The van der Waals surface area contributed by atoms with E-state index in [1.54, 1.807) is 13.2 Å². The zero-order valence-electron chi connectivity index (χ0n) is 18.9. The first-order chi connectivity index (χ1) is 16.8. The maximum absolute atomic E-state index is 12.6. The Morgan fingerprint density at radius 1 is 0.971 bits per heavy atom. The molecule has 6 nitrogen and oxygen atoms in total. The van der Waals surface area contributed by atoms with Crippen LogP contribution in [0.5, 0.6) is 17.2 Å². The number of nitrogens with two attached hydrogens (primary N) is 1. The van der Waals surface area contributed by atoms with Crippen molar-refractivity contribution in [1.82, 2.24) is 4.98 Å². The van der Waals surface area contributed by atoms with Crippen LogP contribution in [0.2, 0.25) is 0 Å². The molecule has 0 fully saturated rings. The third kappa shape index (κ3) is 6.55. The molecule has 2 N–H and O–H groups in total. The van der Waals surface area contributed by atoms with Crippen molar-refractivity contribution in [3.8, 4) is 17.2 Å². The van der Waals surface area contributed by atoms with Crippen LogP contribution in [-0.2, 0) is 13.2 Å². The van der Waals surface area contributed by atoms with Gasteiger partial charge >= 0.3 is 6.36 Å². The molecule has 0 saturated heterocycles. The highest BCUT2D eigenvalue weighted by atomic mass is 32.1. The van der Waals surface area contributed by atoms with Gasteiger partial charge in [-0.15, -0.1) is 13.2 Å². The molecule has 0 radical (unpaired) electrons. The van der Waals surface area contributed by atoms with E-state index >= 15 is 0 Å².